The molecule has 152 valence electrons. The third-order valence-corrected chi connectivity index (χ3v) is 6.03. The highest BCUT2D eigenvalue weighted by Gasteiger charge is 2.57. The van der Waals surface area contributed by atoms with Crippen molar-refractivity contribution in [2.45, 2.75) is 49.9 Å². The van der Waals surface area contributed by atoms with Crippen LogP contribution in [-0.4, -0.2) is 40.4 Å². The zero-order chi connectivity index (χ0) is 19.8. The lowest BCUT2D eigenvalue weighted by Crippen LogP contribution is -2.57. The van der Waals surface area contributed by atoms with Crippen molar-refractivity contribution in [3.05, 3.63) is 0 Å². The fraction of sp³-hybridized carbons (Fsp3) is 0.812. The van der Waals surface area contributed by atoms with Crippen LogP contribution in [0, 0.1) is 23.7 Å². The first-order valence-corrected chi connectivity index (χ1v) is 9.37. The first-order chi connectivity index (χ1) is 12.7. The van der Waals surface area contributed by atoms with E-state index >= 15 is 0 Å². The Labute approximate surface area is 157 Å². The minimum absolute atomic E-state index is 0.0679. The van der Waals surface area contributed by atoms with E-state index in [0.717, 1.165) is 12.8 Å². The van der Waals surface area contributed by atoms with E-state index in [0.29, 0.717) is 25.2 Å². The van der Waals surface area contributed by atoms with Gasteiger partial charge in [-0.3, -0.25) is 9.59 Å². The normalized spacial score (nSPS) is 33.0. The van der Waals surface area contributed by atoms with Crippen molar-refractivity contribution < 1.29 is 47.3 Å². The van der Waals surface area contributed by atoms with Crippen LogP contribution >= 0.6 is 12.0 Å². The molecule has 0 heterocycles. The maximum Gasteiger partial charge on any atom is 0.415 e. The molecule has 8 nitrogen and oxygen atoms in total. The number of Topliss-reactive ketones (excluding diaryl/α,β-unsaturated/α-hetero) is 1. The Hall–Kier alpha value is -1.30. The summed E-state index contributed by atoms with van der Waals surface area (Å²) >= 11 is -0.737. The van der Waals surface area contributed by atoms with Gasteiger partial charge in [0.2, 0.25) is 0 Å². The molecule has 3 unspecified atom stereocenters. The molecular weight excluding hydrogens is 390 g/mol. The Kier molecular flexibility index (Phi) is 5.76. The molecule has 4 bridgehead atoms. The highest BCUT2D eigenvalue weighted by Crippen LogP contribution is 2.55. The summed E-state index contributed by atoms with van der Waals surface area (Å²) in [5.41, 5.74) is -0.675. The van der Waals surface area contributed by atoms with Crippen LogP contribution in [0.4, 0.5) is 8.78 Å². The van der Waals surface area contributed by atoms with Gasteiger partial charge in [-0.1, -0.05) is 5.04 Å². The van der Waals surface area contributed by atoms with Crippen LogP contribution in [0.25, 0.3) is 0 Å². The van der Waals surface area contributed by atoms with Gasteiger partial charge < -0.3 is 9.47 Å². The zero-order valence-electron chi connectivity index (χ0n) is 14.5. The second kappa shape index (κ2) is 7.61. The third kappa shape index (κ3) is 4.25. The number of hydrogen-bond donors (Lipinski definition) is 1. The number of rotatable bonds is 8. The van der Waals surface area contributed by atoms with E-state index in [1.807, 2.05) is 0 Å². The number of alkyl halides is 2. The van der Waals surface area contributed by atoms with Gasteiger partial charge in [0.25, 0.3) is 0 Å². The topological polar surface area (TPSA) is 108 Å². The van der Waals surface area contributed by atoms with Crippen LogP contribution in [-0.2, 0) is 33.2 Å². The largest absolute Gasteiger partial charge is 0.460 e. The minimum atomic E-state index is -4.12. The lowest BCUT2D eigenvalue weighted by molar-refractivity contribution is -0.433. The summed E-state index contributed by atoms with van der Waals surface area (Å²) in [6, 6.07) is 0. The summed E-state index contributed by atoms with van der Waals surface area (Å²) in [6.45, 7) is 0.805. The molecule has 27 heavy (non-hydrogen) atoms. The molecule has 4 aliphatic rings. The third-order valence-electron chi connectivity index (χ3n) is 5.53. The summed E-state index contributed by atoms with van der Waals surface area (Å²) in [6.07, 6.45) is 3.40. The van der Waals surface area contributed by atoms with Crippen LogP contribution in [0.15, 0.2) is 0 Å². The average molecular weight is 410 g/mol. The first-order valence-electron chi connectivity index (χ1n) is 8.63. The molecule has 3 atom stereocenters. The van der Waals surface area contributed by atoms with Crippen molar-refractivity contribution in [2.75, 3.05) is 6.61 Å². The molecule has 0 aromatic rings. The molecule has 4 rings (SSSR count). The lowest BCUT2D eigenvalue weighted by atomic mass is 9.53. The number of hydrogen-bond acceptors (Lipinski definition) is 9. The fourth-order valence-corrected chi connectivity index (χ4v) is 4.80. The molecule has 4 fully saturated rings. The molecule has 0 amide bonds. The molecular formula is C16H20F2O8S. The zero-order valence-corrected chi connectivity index (χ0v) is 15.3. The number of carbonyl (C=O) groups is 3. The van der Waals surface area contributed by atoms with E-state index in [4.69, 9.17) is 9.99 Å². The maximum absolute atomic E-state index is 13.3. The summed E-state index contributed by atoms with van der Waals surface area (Å²) < 4.78 is 40.3. The predicted molar refractivity (Wildman–Crippen MR) is 84.8 cm³/mol. The predicted octanol–water partition coefficient (Wildman–Crippen LogP) is 2.52. The number of ether oxygens (including phenoxy) is 2. The molecule has 4 saturated carbocycles. The van der Waals surface area contributed by atoms with Crippen LogP contribution < -0.4 is 0 Å². The van der Waals surface area contributed by atoms with E-state index in [2.05, 4.69) is 14.1 Å². The Bertz CT molecular complexity index is 610. The number of halogens is 2. The van der Waals surface area contributed by atoms with Crippen LogP contribution in [0.3, 0.4) is 0 Å². The monoisotopic (exact) mass is 410 g/mol. The molecule has 0 aromatic heterocycles. The van der Waals surface area contributed by atoms with Crippen LogP contribution in [0.5, 0.6) is 0 Å². The molecule has 0 aromatic carbocycles. The summed E-state index contributed by atoms with van der Waals surface area (Å²) in [5, 5.41) is 6.75. The van der Waals surface area contributed by atoms with E-state index in [-0.39, 0.29) is 17.6 Å². The Morgan fingerprint density at radius 3 is 2.52 bits per heavy atom. The highest BCUT2D eigenvalue weighted by atomic mass is 32.2. The summed E-state index contributed by atoms with van der Waals surface area (Å²) in [4.78, 5) is 35.9. The second-order valence-electron chi connectivity index (χ2n) is 7.59. The fourth-order valence-electron chi connectivity index (χ4n) is 4.56. The Morgan fingerprint density at radius 2 is 1.93 bits per heavy atom. The first kappa shape index (κ1) is 20.4. The van der Waals surface area contributed by atoms with Gasteiger partial charge in [-0.2, -0.15) is 8.78 Å². The maximum atomic E-state index is 13.3. The molecule has 0 saturated heterocycles. The van der Waals surface area contributed by atoms with Gasteiger partial charge in [-0.15, -0.1) is 4.33 Å². The number of esters is 2. The van der Waals surface area contributed by atoms with Gasteiger partial charge in [0.15, 0.2) is 0 Å². The van der Waals surface area contributed by atoms with Gasteiger partial charge >= 0.3 is 17.2 Å². The van der Waals surface area contributed by atoms with E-state index in [9.17, 15) is 23.2 Å². The van der Waals surface area contributed by atoms with Gasteiger partial charge in [-0.25, -0.2) is 10.1 Å². The Morgan fingerprint density at radius 1 is 1.30 bits per heavy atom. The van der Waals surface area contributed by atoms with Gasteiger partial charge in [0.05, 0.1) is 5.92 Å². The van der Waals surface area contributed by atoms with Gasteiger partial charge in [0.1, 0.15) is 30.0 Å². The molecule has 0 radical (unpaired) electrons. The number of ketones is 1. The van der Waals surface area contributed by atoms with Crippen molar-refractivity contribution in [3.8, 4) is 0 Å². The summed E-state index contributed by atoms with van der Waals surface area (Å²) in [5.74, 6) is -3.05. The van der Waals surface area contributed by atoms with Crippen molar-refractivity contribution in [3.63, 3.8) is 0 Å². The molecule has 4 aliphatic carbocycles. The molecule has 1 N–H and O–H groups in total. The van der Waals surface area contributed by atoms with E-state index in [1.165, 1.54) is 6.92 Å². The minimum Gasteiger partial charge on any atom is -0.460 e. The van der Waals surface area contributed by atoms with Crippen molar-refractivity contribution in [1.29, 1.82) is 0 Å². The molecule has 11 heteroatoms. The van der Waals surface area contributed by atoms with Crippen molar-refractivity contribution >= 4 is 29.8 Å². The van der Waals surface area contributed by atoms with Crippen LogP contribution in [0.2, 0.25) is 0 Å². The van der Waals surface area contributed by atoms with Crippen molar-refractivity contribution in [2.24, 2.45) is 23.7 Å². The smallest absolute Gasteiger partial charge is 0.415 e. The standard InChI is InChI=1S/C16H20F2O8S/c1-8(7-23-14(21)16(17,18)27-26-25-22)13(20)24-15-4-9-2-10(5-15)12(19)11(3-9)6-15/h8-11,22H,2-7H2,1H3. The van der Waals surface area contributed by atoms with Gasteiger partial charge in [0, 0.05) is 11.8 Å². The van der Waals surface area contributed by atoms with Crippen molar-refractivity contribution in [1.82, 2.24) is 0 Å². The van der Waals surface area contributed by atoms with Gasteiger partial charge in [-0.05, 0) is 44.9 Å². The molecule has 0 spiro atoms. The summed E-state index contributed by atoms with van der Waals surface area (Å²) in [7, 11) is 0. The van der Waals surface area contributed by atoms with Crippen LogP contribution in [0.1, 0.15) is 39.0 Å². The number of carbonyl (C=O) groups excluding carboxylic acids is 3. The molecule has 0 aliphatic heterocycles. The quantitative estimate of drug-likeness (QED) is 0.279. The second-order valence-corrected chi connectivity index (χ2v) is 8.41. The highest BCUT2D eigenvalue weighted by molar-refractivity contribution is 7.96. The van der Waals surface area contributed by atoms with E-state index < -0.39 is 47.4 Å². The Balaban J connectivity index is 1.51. The lowest BCUT2D eigenvalue weighted by Gasteiger charge is -2.54. The SMILES string of the molecule is CC(COC(=O)C(F)(F)SOOO)C(=O)OC12CC3CC(C1)C(=O)C(C3)C2. The average Bonchev–Trinajstić information content (AvgIpc) is 2.60. The van der Waals surface area contributed by atoms with E-state index in [1.54, 1.807) is 0 Å².